The number of nitrogens with zero attached hydrogens (tertiary/aromatic N) is 4. The van der Waals surface area contributed by atoms with Crippen molar-refractivity contribution in [3.05, 3.63) is 0 Å². The largest absolute Gasteiger partial charge is 0.467 e. The number of aromatic nitrogens is 3. The molecule has 25 heavy (non-hydrogen) atoms. The average Bonchev–Trinajstić information content (AvgIpc) is 2.90. The summed E-state index contributed by atoms with van der Waals surface area (Å²) in [5.41, 5.74) is 0.0871. The fraction of sp³-hybridized carbons (Fsp3) is 0.833. The second-order valence-corrected chi connectivity index (χ2v) is 8.03. The number of nitrogens with one attached hydrogen (secondary N) is 1. The highest BCUT2D eigenvalue weighted by atomic mass is 16.5. The van der Waals surface area contributed by atoms with E-state index in [1.165, 1.54) is 25.7 Å². The Kier molecular flexibility index (Phi) is 4.43. The first-order chi connectivity index (χ1) is 12.1. The molecule has 3 atom stereocenters. The zero-order chi connectivity index (χ0) is 17.4. The number of rotatable bonds is 4. The molecule has 0 unspecified atom stereocenters. The summed E-state index contributed by atoms with van der Waals surface area (Å²) < 4.78 is 11.2. The van der Waals surface area contributed by atoms with Crippen LogP contribution in [0, 0.1) is 11.3 Å². The van der Waals surface area contributed by atoms with E-state index >= 15 is 0 Å². The highest BCUT2D eigenvalue weighted by Gasteiger charge is 2.59. The second-order valence-electron chi connectivity index (χ2n) is 8.03. The Morgan fingerprint density at radius 2 is 1.88 bits per heavy atom. The standard InChI is InChI=1S/C18H29N5O2/c1-18(2)13(12-8-11-25-14(12)18)19-15-20-16(22-17(21-15)24-3)23-9-6-4-5-7-10-23/h12-14H,4-11H2,1-3H3,(H,19,20,21,22)/t12-,13-,14+/m1/s1. The summed E-state index contributed by atoms with van der Waals surface area (Å²) in [7, 11) is 1.61. The van der Waals surface area contributed by atoms with Gasteiger partial charge in [0.1, 0.15) is 0 Å². The maximum absolute atomic E-state index is 5.89. The van der Waals surface area contributed by atoms with Gasteiger partial charge in [0.15, 0.2) is 0 Å². The Labute approximate surface area is 149 Å². The number of hydrogen-bond donors (Lipinski definition) is 1. The van der Waals surface area contributed by atoms with E-state index in [0.717, 1.165) is 32.1 Å². The number of ether oxygens (including phenoxy) is 2. The van der Waals surface area contributed by atoms with Crippen molar-refractivity contribution in [2.24, 2.45) is 11.3 Å². The van der Waals surface area contributed by atoms with Gasteiger partial charge in [0, 0.05) is 37.1 Å². The van der Waals surface area contributed by atoms with Gasteiger partial charge < -0.3 is 19.7 Å². The summed E-state index contributed by atoms with van der Waals surface area (Å²) >= 11 is 0. The number of methoxy groups -OCH3 is 1. The van der Waals surface area contributed by atoms with Crippen LogP contribution >= 0.6 is 0 Å². The molecule has 3 heterocycles. The van der Waals surface area contributed by atoms with E-state index in [4.69, 9.17) is 14.5 Å². The topological polar surface area (TPSA) is 72.4 Å². The minimum atomic E-state index is 0.0871. The molecule has 7 heteroatoms. The fourth-order valence-electron chi connectivity index (χ4n) is 4.67. The van der Waals surface area contributed by atoms with E-state index in [9.17, 15) is 0 Å². The molecular formula is C18H29N5O2. The molecule has 4 rings (SSSR count). The smallest absolute Gasteiger partial charge is 0.322 e. The molecule has 0 aromatic carbocycles. The first-order valence-corrected chi connectivity index (χ1v) is 9.53. The van der Waals surface area contributed by atoms with Crippen LogP contribution in [0.5, 0.6) is 6.01 Å². The van der Waals surface area contributed by atoms with Gasteiger partial charge >= 0.3 is 6.01 Å². The van der Waals surface area contributed by atoms with Crippen LogP contribution in [0.25, 0.3) is 0 Å². The molecule has 3 aliphatic rings. The predicted molar refractivity (Wildman–Crippen MR) is 96.1 cm³/mol. The maximum Gasteiger partial charge on any atom is 0.322 e. The van der Waals surface area contributed by atoms with Gasteiger partial charge in [-0.1, -0.05) is 26.7 Å². The summed E-state index contributed by atoms with van der Waals surface area (Å²) in [6.07, 6.45) is 6.39. The van der Waals surface area contributed by atoms with Gasteiger partial charge in [0.05, 0.1) is 13.2 Å². The van der Waals surface area contributed by atoms with Crippen molar-refractivity contribution in [3.8, 4) is 6.01 Å². The van der Waals surface area contributed by atoms with Crippen molar-refractivity contribution in [2.75, 3.05) is 37.0 Å². The zero-order valence-electron chi connectivity index (χ0n) is 15.5. The Hall–Kier alpha value is -1.63. The zero-order valence-corrected chi connectivity index (χ0v) is 15.5. The van der Waals surface area contributed by atoms with Crippen molar-refractivity contribution in [1.29, 1.82) is 0 Å². The molecule has 1 saturated carbocycles. The van der Waals surface area contributed by atoms with Crippen molar-refractivity contribution in [1.82, 2.24) is 15.0 Å². The first kappa shape index (κ1) is 16.8. The van der Waals surface area contributed by atoms with Crippen LogP contribution in [-0.4, -0.2) is 53.9 Å². The third-order valence-corrected chi connectivity index (χ3v) is 6.06. The van der Waals surface area contributed by atoms with Gasteiger partial charge in [0.25, 0.3) is 0 Å². The van der Waals surface area contributed by atoms with E-state index in [0.29, 0.717) is 30.0 Å². The normalized spacial score (nSPS) is 31.0. The third kappa shape index (κ3) is 3.03. The number of anilines is 2. The van der Waals surface area contributed by atoms with Gasteiger partial charge in [-0.2, -0.15) is 15.0 Å². The van der Waals surface area contributed by atoms with E-state index in [1.54, 1.807) is 7.11 Å². The molecular weight excluding hydrogens is 318 g/mol. The van der Waals surface area contributed by atoms with Gasteiger partial charge in [-0.05, 0) is 19.3 Å². The molecule has 2 saturated heterocycles. The number of hydrogen-bond acceptors (Lipinski definition) is 7. The molecule has 0 bridgehead atoms. The predicted octanol–water partition coefficient (Wildman–Crippen LogP) is 2.49. The summed E-state index contributed by atoms with van der Waals surface area (Å²) in [5, 5.41) is 3.56. The lowest BCUT2D eigenvalue weighted by molar-refractivity contribution is -0.0925. The Bertz CT molecular complexity index is 615. The molecule has 1 aromatic heterocycles. The maximum atomic E-state index is 5.89. The summed E-state index contributed by atoms with van der Waals surface area (Å²) in [5.74, 6) is 1.89. The molecule has 1 aliphatic carbocycles. The van der Waals surface area contributed by atoms with Crippen LogP contribution < -0.4 is 15.0 Å². The van der Waals surface area contributed by atoms with Crippen LogP contribution in [0.3, 0.4) is 0 Å². The molecule has 7 nitrogen and oxygen atoms in total. The van der Waals surface area contributed by atoms with Crippen LogP contribution in [0.4, 0.5) is 11.9 Å². The van der Waals surface area contributed by atoms with Crippen molar-refractivity contribution >= 4 is 11.9 Å². The summed E-state index contributed by atoms with van der Waals surface area (Å²) in [4.78, 5) is 15.9. The monoisotopic (exact) mass is 347 g/mol. The van der Waals surface area contributed by atoms with Gasteiger partial charge in [-0.3, -0.25) is 0 Å². The Morgan fingerprint density at radius 1 is 1.12 bits per heavy atom. The van der Waals surface area contributed by atoms with E-state index in [-0.39, 0.29) is 5.41 Å². The minimum absolute atomic E-state index is 0.0871. The lowest BCUT2D eigenvalue weighted by Gasteiger charge is -2.54. The summed E-state index contributed by atoms with van der Waals surface area (Å²) in [6, 6.07) is 0.706. The lowest BCUT2D eigenvalue weighted by atomic mass is 9.57. The van der Waals surface area contributed by atoms with Crippen molar-refractivity contribution in [3.63, 3.8) is 0 Å². The Balaban J connectivity index is 1.56. The van der Waals surface area contributed by atoms with E-state index in [2.05, 4.69) is 34.0 Å². The van der Waals surface area contributed by atoms with E-state index in [1.807, 2.05) is 0 Å². The molecule has 138 valence electrons. The first-order valence-electron chi connectivity index (χ1n) is 9.53. The molecule has 2 aliphatic heterocycles. The highest BCUT2D eigenvalue weighted by Crippen LogP contribution is 2.53. The third-order valence-electron chi connectivity index (χ3n) is 6.06. The van der Waals surface area contributed by atoms with Crippen LogP contribution in [0.2, 0.25) is 0 Å². The highest BCUT2D eigenvalue weighted by molar-refractivity contribution is 5.41. The van der Waals surface area contributed by atoms with Crippen LogP contribution in [-0.2, 0) is 4.74 Å². The van der Waals surface area contributed by atoms with Gasteiger partial charge in [-0.25, -0.2) is 0 Å². The molecule has 1 aromatic rings. The van der Waals surface area contributed by atoms with Gasteiger partial charge in [-0.15, -0.1) is 0 Å². The average molecular weight is 347 g/mol. The molecule has 3 fully saturated rings. The fourth-order valence-corrected chi connectivity index (χ4v) is 4.67. The summed E-state index contributed by atoms with van der Waals surface area (Å²) in [6.45, 7) is 7.37. The second kappa shape index (κ2) is 6.59. The molecule has 0 radical (unpaired) electrons. The number of fused-ring (bicyclic) bond motifs is 1. The molecule has 1 N–H and O–H groups in total. The quantitative estimate of drug-likeness (QED) is 0.897. The van der Waals surface area contributed by atoms with Crippen molar-refractivity contribution in [2.45, 2.75) is 58.1 Å². The van der Waals surface area contributed by atoms with Crippen molar-refractivity contribution < 1.29 is 9.47 Å². The Morgan fingerprint density at radius 3 is 2.60 bits per heavy atom. The minimum Gasteiger partial charge on any atom is -0.467 e. The lowest BCUT2D eigenvalue weighted by Crippen LogP contribution is -2.63. The van der Waals surface area contributed by atoms with Crippen LogP contribution in [0.15, 0.2) is 0 Å². The van der Waals surface area contributed by atoms with Gasteiger partial charge in [0.2, 0.25) is 11.9 Å². The molecule has 0 spiro atoms. The SMILES string of the molecule is COc1nc(N[C@@H]2[C@H]3CCO[C@@H]3C2(C)C)nc(N2CCCCCC2)n1. The van der Waals surface area contributed by atoms with Crippen LogP contribution in [0.1, 0.15) is 46.0 Å². The molecule has 0 amide bonds. The van der Waals surface area contributed by atoms with E-state index < -0.39 is 0 Å².